The number of carbonyl (C=O) groups is 2. The highest BCUT2D eigenvalue weighted by Gasteiger charge is 2.33. The third-order valence-corrected chi connectivity index (χ3v) is 6.50. The van der Waals surface area contributed by atoms with Gasteiger partial charge in [0, 0.05) is 69.7 Å². The third kappa shape index (κ3) is 4.94. The Morgan fingerprint density at radius 1 is 1.06 bits per heavy atom. The highest BCUT2D eigenvalue weighted by molar-refractivity contribution is 5.96. The van der Waals surface area contributed by atoms with Gasteiger partial charge in [0.2, 0.25) is 17.8 Å². The molecule has 2 amide bonds. The largest absolute Gasteiger partial charge is 0.419 e. The number of nitrogens with zero attached hydrogens (tertiary/aromatic N) is 8. The number of rotatable bonds is 6. The van der Waals surface area contributed by atoms with E-state index in [1.54, 1.807) is 32.7 Å². The maximum atomic E-state index is 12.7. The van der Waals surface area contributed by atoms with Crippen LogP contribution in [0.5, 0.6) is 0 Å². The predicted octanol–water partition coefficient (Wildman–Crippen LogP) is 0.620. The van der Waals surface area contributed by atoms with Crippen molar-refractivity contribution in [3.63, 3.8) is 0 Å². The smallest absolute Gasteiger partial charge is 0.366 e. The molecule has 0 saturated carbocycles. The minimum atomic E-state index is -4.48. The summed E-state index contributed by atoms with van der Waals surface area (Å²) in [6, 6.07) is 5.03. The summed E-state index contributed by atoms with van der Waals surface area (Å²) < 4.78 is 39.9. The Hall–Kier alpha value is -3.81. The molecule has 0 spiro atoms. The topological polar surface area (TPSA) is 126 Å². The molecule has 0 aliphatic carbocycles. The van der Waals surface area contributed by atoms with E-state index in [2.05, 4.69) is 25.2 Å². The Morgan fingerprint density at radius 2 is 1.75 bits per heavy atom. The highest BCUT2D eigenvalue weighted by Crippen LogP contribution is 2.28. The average molecular weight is 503 g/mol. The summed E-state index contributed by atoms with van der Waals surface area (Å²) in [6.07, 6.45) is -2.92. The van der Waals surface area contributed by atoms with Gasteiger partial charge in [0.05, 0.1) is 17.6 Å². The summed E-state index contributed by atoms with van der Waals surface area (Å²) in [7, 11) is 0. The first-order valence-corrected chi connectivity index (χ1v) is 11.4. The van der Waals surface area contributed by atoms with E-state index in [1.807, 2.05) is 0 Å². The number of anilines is 1. The Morgan fingerprint density at radius 3 is 2.39 bits per heavy atom. The van der Waals surface area contributed by atoms with Gasteiger partial charge in [0.15, 0.2) is 0 Å². The molecule has 11 nitrogen and oxygen atoms in total. The van der Waals surface area contributed by atoms with Gasteiger partial charge in [-0.15, -0.1) is 5.10 Å². The van der Waals surface area contributed by atoms with E-state index in [0.717, 1.165) is 31.0 Å². The van der Waals surface area contributed by atoms with Gasteiger partial charge in [0.25, 0.3) is 0 Å². The van der Waals surface area contributed by atoms with E-state index in [-0.39, 0.29) is 11.9 Å². The molecule has 0 atom stereocenters. The first-order chi connectivity index (χ1) is 17.2. The van der Waals surface area contributed by atoms with Crippen molar-refractivity contribution in [1.82, 2.24) is 34.8 Å². The van der Waals surface area contributed by atoms with Gasteiger partial charge in [-0.3, -0.25) is 14.5 Å². The van der Waals surface area contributed by atoms with Crippen molar-refractivity contribution >= 4 is 28.8 Å². The van der Waals surface area contributed by atoms with Crippen LogP contribution in [-0.4, -0.2) is 92.4 Å². The molecule has 2 N–H and O–H groups in total. The second kappa shape index (κ2) is 9.33. The number of halogens is 3. The number of benzene rings is 1. The first kappa shape index (κ1) is 23.9. The Balaban J connectivity index is 1.08. The van der Waals surface area contributed by atoms with Gasteiger partial charge in [-0.2, -0.15) is 13.2 Å². The van der Waals surface area contributed by atoms with Crippen LogP contribution in [0.1, 0.15) is 15.9 Å². The molecule has 2 aliphatic heterocycles. The molecule has 2 aromatic heterocycles. The highest BCUT2D eigenvalue weighted by atomic mass is 19.4. The van der Waals surface area contributed by atoms with Gasteiger partial charge < -0.3 is 15.5 Å². The molecule has 2 saturated heterocycles. The van der Waals surface area contributed by atoms with Crippen LogP contribution in [0.3, 0.4) is 0 Å². The zero-order chi connectivity index (χ0) is 25.4. The van der Waals surface area contributed by atoms with Crippen molar-refractivity contribution < 1.29 is 22.8 Å². The molecule has 3 aromatic rings. The zero-order valence-corrected chi connectivity index (χ0v) is 19.2. The number of primary amides is 1. The van der Waals surface area contributed by atoms with Crippen LogP contribution in [0.15, 0.2) is 30.6 Å². The maximum absolute atomic E-state index is 12.7. The molecular formula is C22H24F3N9O2. The van der Waals surface area contributed by atoms with Gasteiger partial charge in [-0.25, -0.2) is 14.6 Å². The molecule has 0 bridgehead atoms. The van der Waals surface area contributed by atoms with Crippen molar-refractivity contribution in [2.24, 2.45) is 11.7 Å². The molecule has 0 unspecified atom stereocenters. The molecule has 190 valence electrons. The van der Waals surface area contributed by atoms with Crippen molar-refractivity contribution in [3.05, 3.63) is 41.7 Å². The molecule has 36 heavy (non-hydrogen) atoms. The number of fused-ring (bicyclic) bond motifs is 1. The number of carbonyl (C=O) groups excluding carboxylic acids is 2. The van der Waals surface area contributed by atoms with Crippen LogP contribution in [0.4, 0.5) is 19.1 Å². The molecule has 4 heterocycles. The number of hydrogen-bond acceptors (Lipinski definition) is 8. The Bertz CT molecular complexity index is 1260. The van der Waals surface area contributed by atoms with Crippen molar-refractivity contribution in [3.8, 4) is 0 Å². The van der Waals surface area contributed by atoms with Crippen LogP contribution in [-0.2, 0) is 17.5 Å². The van der Waals surface area contributed by atoms with E-state index >= 15 is 0 Å². The molecule has 0 radical (unpaired) electrons. The van der Waals surface area contributed by atoms with Crippen LogP contribution in [0.25, 0.3) is 11.0 Å². The number of aromatic nitrogens is 5. The summed E-state index contributed by atoms with van der Waals surface area (Å²) >= 11 is 0. The molecule has 14 heteroatoms. The van der Waals surface area contributed by atoms with E-state index in [9.17, 15) is 22.8 Å². The van der Waals surface area contributed by atoms with E-state index in [4.69, 9.17) is 5.73 Å². The first-order valence-electron chi connectivity index (χ1n) is 11.4. The second-order valence-electron chi connectivity index (χ2n) is 9.04. The van der Waals surface area contributed by atoms with Crippen LogP contribution < -0.4 is 10.6 Å². The number of likely N-dealkylation sites (tertiary alicyclic amines) is 1. The lowest BCUT2D eigenvalue weighted by Gasteiger charge is -2.41. The number of hydrogen-bond donors (Lipinski definition) is 1. The van der Waals surface area contributed by atoms with Gasteiger partial charge in [0.1, 0.15) is 5.52 Å². The Kier molecular flexibility index (Phi) is 6.20. The summed E-state index contributed by atoms with van der Waals surface area (Å²) in [5, 5.41) is 8.30. The minimum Gasteiger partial charge on any atom is -0.366 e. The summed E-state index contributed by atoms with van der Waals surface area (Å²) in [6.45, 7) is 4.20. The fourth-order valence-corrected chi connectivity index (χ4v) is 4.50. The lowest BCUT2D eigenvalue weighted by atomic mass is 10.00. The SMILES string of the molecule is NC(=O)c1ccc2nnn(CC3CN(CC(=O)N4CCN(c5ncc(C(F)(F)F)cn5)CC4)C3)c2c1. The number of nitrogens with two attached hydrogens (primary N) is 1. The summed E-state index contributed by atoms with van der Waals surface area (Å²) in [4.78, 5) is 37.4. The van der Waals surface area contributed by atoms with Crippen molar-refractivity contribution in [2.75, 3.05) is 50.7 Å². The third-order valence-electron chi connectivity index (χ3n) is 6.50. The predicted molar refractivity (Wildman–Crippen MR) is 122 cm³/mol. The maximum Gasteiger partial charge on any atom is 0.419 e. The van der Waals surface area contributed by atoms with Crippen molar-refractivity contribution in [2.45, 2.75) is 12.7 Å². The van der Waals surface area contributed by atoms with E-state index in [0.29, 0.717) is 56.3 Å². The second-order valence-corrected chi connectivity index (χ2v) is 9.04. The molecule has 2 aliphatic rings. The van der Waals surface area contributed by atoms with E-state index < -0.39 is 17.6 Å². The average Bonchev–Trinajstić information content (AvgIpc) is 3.24. The van der Waals surface area contributed by atoms with Crippen LogP contribution >= 0.6 is 0 Å². The quantitative estimate of drug-likeness (QED) is 0.519. The minimum absolute atomic E-state index is 0.0127. The lowest BCUT2D eigenvalue weighted by Crippen LogP contribution is -2.55. The summed E-state index contributed by atoms with van der Waals surface area (Å²) in [5.74, 6) is 0.0299. The fourth-order valence-electron chi connectivity index (χ4n) is 4.50. The summed E-state index contributed by atoms with van der Waals surface area (Å²) in [5.41, 5.74) is 6.31. The number of amides is 2. The van der Waals surface area contributed by atoms with Crippen LogP contribution in [0, 0.1) is 5.92 Å². The fraction of sp³-hybridized carbons (Fsp3) is 0.455. The molecular weight excluding hydrogens is 479 g/mol. The molecule has 5 rings (SSSR count). The van der Waals surface area contributed by atoms with Gasteiger partial charge >= 0.3 is 6.18 Å². The number of piperazine rings is 1. The lowest BCUT2D eigenvalue weighted by molar-refractivity contribution is -0.138. The van der Waals surface area contributed by atoms with Crippen molar-refractivity contribution in [1.29, 1.82) is 0 Å². The van der Waals surface area contributed by atoms with Gasteiger partial charge in [-0.1, -0.05) is 5.21 Å². The number of alkyl halides is 3. The van der Waals surface area contributed by atoms with E-state index in [1.165, 1.54) is 0 Å². The molecule has 2 fully saturated rings. The van der Waals surface area contributed by atoms with Gasteiger partial charge in [-0.05, 0) is 18.2 Å². The molecule has 1 aromatic carbocycles. The Labute approximate surface area is 203 Å². The zero-order valence-electron chi connectivity index (χ0n) is 19.2. The van der Waals surface area contributed by atoms with Crippen LogP contribution in [0.2, 0.25) is 0 Å². The standard InChI is InChI=1S/C22H24F3N9O2/c23-22(24,25)16-8-27-21(28-9-16)33-5-3-32(4-6-33)19(35)13-31-10-14(11-31)12-34-18-7-15(20(26)36)1-2-17(18)29-30-34/h1-2,7-9,14H,3-6,10-13H2,(H2,26,36). The normalized spacial score (nSPS) is 17.4. The monoisotopic (exact) mass is 503 g/mol.